The molecule has 2 rings (SSSR count). The number of rotatable bonds is 4. The number of aromatic carboxylic acids is 2. The number of carboxylic acid groups (broad SMARTS) is 2. The number of aromatic nitrogens is 1. The van der Waals surface area contributed by atoms with Gasteiger partial charge in [0.05, 0.1) is 5.56 Å². The SMILES string of the molecule is CCn1c(C)c(C(=O)O)c(-c2ccccc2)c1C(=O)O. The van der Waals surface area contributed by atoms with Gasteiger partial charge in [-0.1, -0.05) is 30.3 Å². The molecule has 0 aliphatic rings. The Bertz CT molecular complexity index is 671. The van der Waals surface area contributed by atoms with Crippen molar-refractivity contribution in [2.24, 2.45) is 0 Å². The summed E-state index contributed by atoms with van der Waals surface area (Å²) in [7, 11) is 0. The summed E-state index contributed by atoms with van der Waals surface area (Å²) in [6.07, 6.45) is 0. The van der Waals surface area contributed by atoms with Gasteiger partial charge in [-0.05, 0) is 19.4 Å². The summed E-state index contributed by atoms with van der Waals surface area (Å²) in [5.74, 6) is -2.24. The van der Waals surface area contributed by atoms with E-state index < -0.39 is 11.9 Å². The number of hydrogen-bond acceptors (Lipinski definition) is 2. The van der Waals surface area contributed by atoms with Gasteiger partial charge in [0.15, 0.2) is 0 Å². The molecule has 2 N–H and O–H groups in total. The molecule has 2 aromatic rings. The number of carboxylic acids is 2. The van der Waals surface area contributed by atoms with Gasteiger partial charge in [0.1, 0.15) is 5.69 Å². The van der Waals surface area contributed by atoms with E-state index in [-0.39, 0.29) is 16.8 Å². The van der Waals surface area contributed by atoms with Gasteiger partial charge in [-0.25, -0.2) is 9.59 Å². The fourth-order valence-electron chi connectivity index (χ4n) is 2.50. The van der Waals surface area contributed by atoms with Crippen molar-refractivity contribution in [2.45, 2.75) is 20.4 Å². The maximum absolute atomic E-state index is 11.5. The molecule has 0 bridgehead atoms. The Morgan fingerprint density at radius 2 is 1.70 bits per heavy atom. The summed E-state index contributed by atoms with van der Waals surface area (Å²) in [5, 5.41) is 18.9. The van der Waals surface area contributed by atoms with Crippen molar-refractivity contribution in [1.29, 1.82) is 0 Å². The molecule has 104 valence electrons. The van der Waals surface area contributed by atoms with Gasteiger partial charge in [-0.3, -0.25) is 0 Å². The zero-order chi connectivity index (χ0) is 14.9. The monoisotopic (exact) mass is 273 g/mol. The highest BCUT2D eigenvalue weighted by atomic mass is 16.4. The molecular weight excluding hydrogens is 258 g/mol. The van der Waals surface area contributed by atoms with Gasteiger partial charge in [-0.15, -0.1) is 0 Å². The largest absolute Gasteiger partial charge is 0.478 e. The predicted molar refractivity (Wildman–Crippen MR) is 74.2 cm³/mol. The Balaban J connectivity index is 2.89. The Morgan fingerprint density at radius 3 is 2.15 bits per heavy atom. The molecule has 5 heteroatoms. The van der Waals surface area contributed by atoms with E-state index in [2.05, 4.69) is 0 Å². The molecule has 1 heterocycles. The van der Waals surface area contributed by atoms with E-state index in [0.29, 0.717) is 17.8 Å². The molecule has 1 aromatic carbocycles. The van der Waals surface area contributed by atoms with Crippen molar-refractivity contribution in [3.63, 3.8) is 0 Å². The minimum atomic E-state index is -1.12. The van der Waals surface area contributed by atoms with E-state index in [9.17, 15) is 19.8 Å². The lowest BCUT2D eigenvalue weighted by molar-refractivity contribution is 0.0681. The van der Waals surface area contributed by atoms with Crippen molar-refractivity contribution < 1.29 is 19.8 Å². The third kappa shape index (κ3) is 2.07. The normalized spacial score (nSPS) is 10.5. The summed E-state index contributed by atoms with van der Waals surface area (Å²) < 4.78 is 1.52. The second-order valence-corrected chi connectivity index (χ2v) is 4.40. The maximum Gasteiger partial charge on any atom is 0.353 e. The molecule has 0 saturated carbocycles. The van der Waals surface area contributed by atoms with Crippen LogP contribution in [0.25, 0.3) is 11.1 Å². The van der Waals surface area contributed by atoms with E-state index in [4.69, 9.17) is 0 Å². The summed E-state index contributed by atoms with van der Waals surface area (Å²) in [5.41, 5.74) is 1.39. The van der Waals surface area contributed by atoms with Crippen LogP contribution in [0.1, 0.15) is 33.5 Å². The molecule has 0 radical (unpaired) electrons. The molecule has 0 amide bonds. The second kappa shape index (κ2) is 5.21. The predicted octanol–water partition coefficient (Wildman–Crippen LogP) is 2.88. The first-order chi connectivity index (χ1) is 9.49. The highest BCUT2D eigenvalue weighted by molar-refractivity contribution is 6.05. The second-order valence-electron chi connectivity index (χ2n) is 4.40. The van der Waals surface area contributed by atoms with Crippen LogP contribution in [0, 0.1) is 6.92 Å². The highest BCUT2D eigenvalue weighted by Crippen LogP contribution is 2.32. The molecule has 0 unspecified atom stereocenters. The van der Waals surface area contributed by atoms with Gasteiger partial charge in [-0.2, -0.15) is 0 Å². The molecular formula is C15H15NO4. The van der Waals surface area contributed by atoms with Gasteiger partial charge in [0, 0.05) is 17.8 Å². The highest BCUT2D eigenvalue weighted by Gasteiger charge is 2.28. The van der Waals surface area contributed by atoms with Gasteiger partial charge < -0.3 is 14.8 Å². The van der Waals surface area contributed by atoms with E-state index in [1.54, 1.807) is 44.2 Å². The first-order valence-electron chi connectivity index (χ1n) is 6.24. The van der Waals surface area contributed by atoms with Crippen LogP contribution in [0.5, 0.6) is 0 Å². The van der Waals surface area contributed by atoms with Crippen LogP contribution in [0.15, 0.2) is 30.3 Å². The van der Waals surface area contributed by atoms with E-state index in [0.717, 1.165) is 0 Å². The standard InChI is InChI=1S/C15H15NO4/c1-3-16-9(2)11(14(17)18)12(13(16)15(19)20)10-7-5-4-6-8-10/h4-8H,3H2,1-2H3,(H,17,18)(H,19,20). The summed E-state index contributed by atoms with van der Waals surface area (Å²) in [6.45, 7) is 3.83. The number of hydrogen-bond donors (Lipinski definition) is 2. The van der Waals surface area contributed by atoms with E-state index >= 15 is 0 Å². The smallest absolute Gasteiger partial charge is 0.353 e. The van der Waals surface area contributed by atoms with Crippen molar-refractivity contribution in [3.05, 3.63) is 47.3 Å². The van der Waals surface area contributed by atoms with Crippen molar-refractivity contribution in [3.8, 4) is 11.1 Å². The lowest BCUT2D eigenvalue weighted by Gasteiger charge is -2.06. The molecule has 0 spiro atoms. The van der Waals surface area contributed by atoms with Crippen LogP contribution in [-0.4, -0.2) is 26.7 Å². The zero-order valence-electron chi connectivity index (χ0n) is 11.3. The summed E-state index contributed by atoms with van der Waals surface area (Å²) in [6, 6.07) is 8.74. The van der Waals surface area contributed by atoms with E-state index in [1.807, 2.05) is 0 Å². The van der Waals surface area contributed by atoms with Crippen molar-refractivity contribution in [1.82, 2.24) is 4.57 Å². The fourth-order valence-corrected chi connectivity index (χ4v) is 2.50. The Hall–Kier alpha value is -2.56. The number of carbonyl (C=O) groups is 2. The molecule has 20 heavy (non-hydrogen) atoms. The van der Waals surface area contributed by atoms with Gasteiger partial charge in [0.25, 0.3) is 0 Å². The molecule has 1 aromatic heterocycles. The van der Waals surface area contributed by atoms with Crippen LogP contribution in [0.3, 0.4) is 0 Å². The number of nitrogens with zero attached hydrogens (tertiary/aromatic N) is 1. The molecule has 0 saturated heterocycles. The molecule has 0 atom stereocenters. The minimum Gasteiger partial charge on any atom is -0.478 e. The van der Waals surface area contributed by atoms with Crippen LogP contribution in [0.2, 0.25) is 0 Å². The summed E-state index contributed by atoms with van der Waals surface area (Å²) in [4.78, 5) is 23.1. The van der Waals surface area contributed by atoms with Crippen LogP contribution in [-0.2, 0) is 6.54 Å². The van der Waals surface area contributed by atoms with Crippen molar-refractivity contribution in [2.75, 3.05) is 0 Å². The first kappa shape index (κ1) is 13.9. The zero-order valence-corrected chi connectivity index (χ0v) is 11.3. The van der Waals surface area contributed by atoms with Crippen molar-refractivity contribution >= 4 is 11.9 Å². The van der Waals surface area contributed by atoms with E-state index in [1.165, 1.54) is 4.57 Å². The fraction of sp³-hybridized carbons (Fsp3) is 0.200. The third-order valence-corrected chi connectivity index (χ3v) is 3.32. The molecule has 0 fully saturated rings. The average molecular weight is 273 g/mol. The minimum absolute atomic E-state index is 0.0219. The Labute approximate surface area is 116 Å². The third-order valence-electron chi connectivity index (χ3n) is 3.32. The molecule has 0 aliphatic heterocycles. The lowest BCUT2D eigenvalue weighted by atomic mass is 10.0. The first-order valence-corrected chi connectivity index (χ1v) is 6.24. The van der Waals surface area contributed by atoms with Gasteiger partial charge >= 0.3 is 11.9 Å². The van der Waals surface area contributed by atoms with Crippen LogP contribution < -0.4 is 0 Å². The topological polar surface area (TPSA) is 79.5 Å². The quantitative estimate of drug-likeness (QED) is 0.897. The van der Waals surface area contributed by atoms with Crippen LogP contribution >= 0.6 is 0 Å². The maximum atomic E-state index is 11.5. The van der Waals surface area contributed by atoms with Crippen LogP contribution in [0.4, 0.5) is 0 Å². The molecule has 0 aliphatic carbocycles. The Morgan fingerprint density at radius 1 is 1.10 bits per heavy atom. The van der Waals surface area contributed by atoms with Gasteiger partial charge in [0.2, 0.25) is 0 Å². The lowest BCUT2D eigenvalue weighted by Crippen LogP contribution is -2.09. The summed E-state index contributed by atoms with van der Waals surface area (Å²) >= 11 is 0. The Kier molecular flexibility index (Phi) is 3.61. The number of benzene rings is 1. The average Bonchev–Trinajstić information content (AvgIpc) is 2.72. The molecule has 5 nitrogen and oxygen atoms in total.